The maximum Gasteiger partial charge on any atom is 0.215 e. The lowest BCUT2D eigenvalue weighted by Crippen LogP contribution is -2.20. The SMILES string of the molecule is OCCC(O)C(O)c1cc(F)nc(F)c1. The van der Waals surface area contributed by atoms with Crippen molar-refractivity contribution in [1.82, 2.24) is 4.98 Å². The summed E-state index contributed by atoms with van der Waals surface area (Å²) in [6.07, 6.45) is -2.78. The number of hydrogen-bond acceptors (Lipinski definition) is 4. The summed E-state index contributed by atoms with van der Waals surface area (Å²) in [6.45, 7) is -0.325. The molecule has 1 rings (SSSR count). The Labute approximate surface area is 84.8 Å². The van der Waals surface area contributed by atoms with Gasteiger partial charge in [0.15, 0.2) is 0 Å². The summed E-state index contributed by atoms with van der Waals surface area (Å²) in [5.41, 5.74) is -0.110. The van der Waals surface area contributed by atoms with Gasteiger partial charge in [-0.3, -0.25) is 0 Å². The smallest absolute Gasteiger partial charge is 0.215 e. The van der Waals surface area contributed by atoms with Crippen LogP contribution in [0.25, 0.3) is 0 Å². The number of aliphatic hydroxyl groups is 3. The summed E-state index contributed by atoms with van der Waals surface area (Å²) in [4.78, 5) is 2.85. The van der Waals surface area contributed by atoms with Crippen LogP contribution in [0.1, 0.15) is 18.1 Å². The molecule has 4 nitrogen and oxygen atoms in total. The van der Waals surface area contributed by atoms with Crippen molar-refractivity contribution in [3.8, 4) is 0 Å². The molecule has 15 heavy (non-hydrogen) atoms. The molecule has 0 amide bonds. The highest BCUT2D eigenvalue weighted by Crippen LogP contribution is 2.19. The fraction of sp³-hybridized carbons (Fsp3) is 0.444. The van der Waals surface area contributed by atoms with Gasteiger partial charge in [0.1, 0.15) is 6.10 Å². The zero-order valence-electron chi connectivity index (χ0n) is 7.77. The molecule has 0 saturated heterocycles. The molecule has 6 heteroatoms. The lowest BCUT2D eigenvalue weighted by molar-refractivity contribution is 0.00383. The molecule has 2 unspecified atom stereocenters. The second-order valence-corrected chi connectivity index (χ2v) is 3.07. The summed E-state index contributed by atoms with van der Waals surface area (Å²) in [5.74, 6) is -2.14. The third-order valence-corrected chi connectivity index (χ3v) is 1.92. The normalized spacial score (nSPS) is 15.0. The molecule has 0 radical (unpaired) electrons. The third-order valence-electron chi connectivity index (χ3n) is 1.92. The Morgan fingerprint density at radius 3 is 2.20 bits per heavy atom. The van der Waals surface area contributed by atoms with E-state index < -0.39 is 24.1 Å². The molecule has 1 heterocycles. The lowest BCUT2D eigenvalue weighted by Gasteiger charge is -2.16. The molecule has 0 aliphatic heterocycles. The first kappa shape index (κ1) is 12.0. The minimum Gasteiger partial charge on any atom is -0.396 e. The number of hydrogen-bond donors (Lipinski definition) is 3. The van der Waals surface area contributed by atoms with Gasteiger partial charge in [0.2, 0.25) is 11.9 Å². The minimum atomic E-state index is -1.44. The fourth-order valence-electron chi connectivity index (χ4n) is 1.17. The van der Waals surface area contributed by atoms with Gasteiger partial charge in [-0.15, -0.1) is 0 Å². The van der Waals surface area contributed by atoms with Gasteiger partial charge in [-0.1, -0.05) is 0 Å². The Morgan fingerprint density at radius 2 is 1.73 bits per heavy atom. The lowest BCUT2D eigenvalue weighted by atomic mass is 10.0. The molecule has 0 aliphatic carbocycles. The summed E-state index contributed by atoms with van der Waals surface area (Å²) < 4.78 is 25.3. The first-order valence-electron chi connectivity index (χ1n) is 4.34. The van der Waals surface area contributed by atoms with E-state index in [9.17, 15) is 19.0 Å². The van der Waals surface area contributed by atoms with Gasteiger partial charge in [-0.25, -0.2) is 0 Å². The minimum absolute atomic E-state index is 0.0767. The second kappa shape index (κ2) is 5.11. The van der Waals surface area contributed by atoms with Gasteiger partial charge in [0.25, 0.3) is 0 Å². The first-order valence-corrected chi connectivity index (χ1v) is 4.34. The van der Waals surface area contributed by atoms with E-state index in [2.05, 4.69) is 4.98 Å². The van der Waals surface area contributed by atoms with Crippen LogP contribution in [-0.2, 0) is 0 Å². The molecule has 0 aromatic carbocycles. The van der Waals surface area contributed by atoms with E-state index in [0.29, 0.717) is 0 Å². The van der Waals surface area contributed by atoms with Crippen molar-refractivity contribution in [3.05, 3.63) is 29.6 Å². The number of aromatic nitrogens is 1. The topological polar surface area (TPSA) is 73.6 Å². The molecule has 1 aromatic rings. The van der Waals surface area contributed by atoms with E-state index in [0.717, 1.165) is 12.1 Å². The Hall–Kier alpha value is -1.11. The summed E-state index contributed by atoms with van der Waals surface area (Å²) in [6, 6.07) is 1.66. The summed E-state index contributed by atoms with van der Waals surface area (Å²) >= 11 is 0. The molecule has 0 saturated carbocycles. The Kier molecular flexibility index (Phi) is 4.07. The quantitative estimate of drug-likeness (QED) is 0.629. The van der Waals surface area contributed by atoms with E-state index in [-0.39, 0.29) is 18.6 Å². The monoisotopic (exact) mass is 219 g/mol. The maximum absolute atomic E-state index is 12.6. The maximum atomic E-state index is 12.6. The number of pyridine rings is 1. The van der Waals surface area contributed by atoms with Crippen LogP contribution in [0.4, 0.5) is 8.78 Å². The summed E-state index contributed by atoms with van der Waals surface area (Å²) in [7, 11) is 0. The number of aliphatic hydroxyl groups excluding tert-OH is 3. The highest BCUT2D eigenvalue weighted by atomic mass is 19.1. The van der Waals surface area contributed by atoms with Crippen molar-refractivity contribution in [2.24, 2.45) is 0 Å². The highest BCUT2D eigenvalue weighted by molar-refractivity contribution is 5.16. The Bertz CT molecular complexity index is 315. The van der Waals surface area contributed by atoms with Crippen LogP contribution in [-0.4, -0.2) is 33.0 Å². The van der Waals surface area contributed by atoms with Crippen LogP contribution in [0.5, 0.6) is 0 Å². The van der Waals surface area contributed by atoms with Gasteiger partial charge in [-0.2, -0.15) is 13.8 Å². The van der Waals surface area contributed by atoms with E-state index in [4.69, 9.17) is 5.11 Å². The van der Waals surface area contributed by atoms with Crippen molar-refractivity contribution in [1.29, 1.82) is 0 Å². The van der Waals surface area contributed by atoms with Crippen molar-refractivity contribution in [2.75, 3.05) is 6.61 Å². The average molecular weight is 219 g/mol. The third kappa shape index (κ3) is 3.19. The Morgan fingerprint density at radius 1 is 1.20 bits per heavy atom. The predicted octanol–water partition coefficient (Wildman–Crippen LogP) is 0.136. The molecule has 3 N–H and O–H groups in total. The van der Waals surface area contributed by atoms with E-state index in [1.165, 1.54) is 0 Å². The zero-order chi connectivity index (χ0) is 11.4. The standard InChI is InChI=1S/C9H11F2NO3/c10-7-3-5(4-8(11)12-7)9(15)6(14)1-2-13/h3-4,6,9,13-15H,1-2H2. The van der Waals surface area contributed by atoms with E-state index in [1.54, 1.807) is 0 Å². The molecule has 0 spiro atoms. The highest BCUT2D eigenvalue weighted by Gasteiger charge is 2.19. The van der Waals surface area contributed by atoms with Crippen molar-refractivity contribution >= 4 is 0 Å². The molecule has 0 bridgehead atoms. The molecule has 0 fully saturated rings. The van der Waals surface area contributed by atoms with Crippen LogP contribution in [0, 0.1) is 11.9 Å². The molecular formula is C9H11F2NO3. The second-order valence-electron chi connectivity index (χ2n) is 3.07. The van der Waals surface area contributed by atoms with Gasteiger partial charge in [-0.05, 0) is 24.1 Å². The molecule has 1 aromatic heterocycles. The molecular weight excluding hydrogens is 208 g/mol. The van der Waals surface area contributed by atoms with Crippen LogP contribution < -0.4 is 0 Å². The fourth-order valence-corrected chi connectivity index (χ4v) is 1.17. The van der Waals surface area contributed by atoms with Gasteiger partial charge in [0.05, 0.1) is 6.10 Å². The van der Waals surface area contributed by atoms with Crippen molar-refractivity contribution in [3.63, 3.8) is 0 Å². The summed E-state index contributed by atoms with van der Waals surface area (Å²) in [5, 5.41) is 27.2. The van der Waals surface area contributed by atoms with E-state index in [1.807, 2.05) is 0 Å². The first-order chi connectivity index (χ1) is 7.04. The van der Waals surface area contributed by atoms with Crippen LogP contribution >= 0.6 is 0 Å². The largest absolute Gasteiger partial charge is 0.396 e. The van der Waals surface area contributed by atoms with Crippen LogP contribution in [0.2, 0.25) is 0 Å². The number of halogens is 2. The number of rotatable bonds is 4. The van der Waals surface area contributed by atoms with Crippen molar-refractivity contribution < 1.29 is 24.1 Å². The van der Waals surface area contributed by atoms with Gasteiger partial charge in [0, 0.05) is 6.61 Å². The van der Waals surface area contributed by atoms with Gasteiger partial charge >= 0.3 is 0 Å². The molecule has 2 atom stereocenters. The van der Waals surface area contributed by atoms with Gasteiger partial charge < -0.3 is 15.3 Å². The number of nitrogens with zero attached hydrogens (tertiary/aromatic N) is 1. The predicted molar refractivity (Wildman–Crippen MR) is 46.8 cm³/mol. The van der Waals surface area contributed by atoms with Crippen LogP contribution in [0.3, 0.4) is 0 Å². The van der Waals surface area contributed by atoms with Crippen LogP contribution in [0.15, 0.2) is 12.1 Å². The Balaban J connectivity index is 2.85. The molecule has 84 valence electrons. The average Bonchev–Trinajstić information content (AvgIpc) is 2.15. The van der Waals surface area contributed by atoms with Crippen molar-refractivity contribution in [2.45, 2.75) is 18.6 Å². The zero-order valence-corrected chi connectivity index (χ0v) is 7.77. The molecule has 0 aliphatic rings. The van der Waals surface area contributed by atoms with E-state index >= 15 is 0 Å².